The lowest BCUT2D eigenvalue weighted by molar-refractivity contribution is 0.770. The van der Waals surface area contributed by atoms with Crippen LogP contribution in [0.15, 0.2) is 249 Å². The highest BCUT2D eigenvalue weighted by Gasteiger charge is 2.46. The van der Waals surface area contributed by atoms with Crippen LogP contribution in [0.2, 0.25) is 0 Å². The Hall–Kier alpha value is -8.57. The molecule has 13 rings (SSSR count). The fourth-order valence-electron chi connectivity index (χ4n) is 10.4. The number of nitrogens with zero attached hydrogens (tertiary/aromatic N) is 3. The van der Waals surface area contributed by atoms with Crippen molar-refractivity contribution in [3.05, 3.63) is 271 Å². The van der Waals surface area contributed by atoms with E-state index in [4.69, 9.17) is 15.0 Å². The van der Waals surface area contributed by atoms with Crippen LogP contribution in [0.1, 0.15) is 22.3 Å². The summed E-state index contributed by atoms with van der Waals surface area (Å²) in [5, 5.41) is 2.61. The summed E-state index contributed by atoms with van der Waals surface area (Å²) in [6.45, 7) is 0. The zero-order chi connectivity index (χ0) is 45.0. The fourth-order valence-corrected chi connectivity index (χ4v) is 11.5. The third kappa shape index (κ3) is 6.68. The van der Waals surface area contributed by atoms with Gasteiger partial charge < -0.3 is 0 Å². The van der Waals surface area contributed by atoms with E-state index in [1.807, 2.05) is 23.5 Å². The molecule has 12 aromatic rings. The second kappa shape index (κ2) is 16.4. The van der Waals surface area contributed by atoms with Crippen LogP contribution in [0, 0.1) is 0 Å². The van der Waals surface area contributed by atoms with Crippen molar-refractivity contribution in [3.8, 4) is 78.7 Å². The summed E-state index contributed by atoms with van der Waals surface area (Å²) in [6.07, 6.45) is 0. The zero-order valence-electron chi connectivity index (χ0n) is 36.9. The van der Waals surface area contributed by atoms with Gasteiger partial charge in [-0.15, -0.1) is 11.3 Å². The second-order valence-corrected chi connectivity index (χ2v) is 18.6. The van der Waals surface area contributed by atoms with Crippen molar-refractivity contribution >= 4 is 31.5 Å². The standard InChI is InChI=1S/C64H41N3S/c1-3-15-42(16-4-1)44-29-31-46(32-30-44)61-65-62(49-21-13-19-47(39-49)43-17-5-2-6-18-43)67-63(66-61)50-22-14-20-48(40-50)45-33-35-51(36-34-45)64(57-26-10-7-23-53(57)54-24-8-11-27-58(54)64)52-37-38-60-56(41-52)55-25-9-12-28-59(55)68-60/h1-41H. The predicted octanol–water partition coefficient (Wildman–Crippen LogP) is 16.6. The molecule has 3 nitrogen and oxygen atoms in total. The highest BCUT2D eigenvalue weighted by atomic mass is 32.1. The van der Waals surface area contributed by atoms with Crippen LogP contribution in [0.3, 0.4) is 0 Å². The second-order valence-electron chi connectivity index (χ2n) is 17.5. The molecule has 0 aliphatic heterocycles. The van der Waals surface area contributed by atoms with Crippen LogP contribution in [0.25, 0.3) is 98.8 Å². The van der Waals surface area contributed by atoms with Gasteiger partial charge >= 0.3 is 0 Å². The van der Waals surface area contributed by atoms with Gasteiger partial charge in [-0.2, -0.15) is 0 Å². The third-order valence-corrected chi connectivity index (χ3v) is 14.8. The van der Waals surface area contributed by atoms with Crippen molar-refractivity contribution in [2.75, 3.05) is 0 Å². The average molecular weight is 884 g/mol. The van der Waals surface area contributed by atoms with E-state index < -0.39 is 5.41 Å². The Morgan fingerprint density at radius 3 is 1.29 bits per heavy atom. The Balaban J connectivity index is 0.921. The molecule has 1 aliphatic rings. The Morgan fingerprint density at radius 2 is 0.676 bits per heavy atom. The molecule has 0 radical (unpaired) electrons. The molecule has 0 saturated carbocycles. The van der Waals surface area contributed by atoms with E-state index in [1.54, 1.807) is 0 Å². The fraction of sp³-hybridized carbons (Fsp3) is 0.0156. The Labute approximate surface area is 399 Å². The number of aromatic nitrogens is 3. The van der Waals surface area contributed by atoms with Gasteiger partial charge in [0, 0.05) is 36.9 Å². The first-order valence-electron chi connectivity index (χ1n) is 23.1. The smallest absolute Gasteiger partial charge is 0.164 e. The summed E-state index contributed by atoms with van der Waals surface area (Å²) >= 11 is 1.86. The van der Waals surface area contributed by atoms with Crippen molar-refractivity contribution in [1.82, 2.24) is 15.0 Å². The molecule has 0 spiro atoms. The lowest BCUT2D eigenvalue weighted by Crippen LogP contribution is -2.28. The van der Waals surface area contributed by atoms with Crippen LogP contribution in [0.4, 0.5) is 0 Å². The topological polar surface area (TPSA) is 38.7 Å². The maximum Gasteiger partial charge on any atom is 0.164 e. The van der Waals surface area contributed by atoms with E-state index in [9.17, 15) is 0 Å². The molecule has 318 valence electrons. The van der Waals surface area contributed by atoms with Gasteiger partial charge in [-0.3, -0.25) is 0 Å². The lowest BCUT2D eigenvalue weighted by atomic mass is 9.67. The Bertz CT molecular complexity index is 3790. The number of fused-ring (bicyclic) bond motifs is 6. The van der Waals surface area contributed by atoms with Crippen molar-refractivity contribution < 1.29 is 0 Å². The van der Waals surface area contributed by atoms with Crippen LogP contribution in [0.5, 0.6) is 0 Å². The molecule has 0 saturated heterocycles. The van der Waals surface area contributed by atoms with Gasteiger partial charge in [0.15, 0.2) is 17.5 Å². The molecule has 0 bridgehead atoms. The predicted molar refractivity (Wildman–Crippen MR) is 283 cm³/mol. The highest BCUT2D eigenvalue weighted by Crippen LogP contribution is 2.57. The summed E-state index contributed by atoms with van der Waals surface area (Å²) in [6, 6.07) is 89.6. The number of thiophene rings is 1. The molecule has 4 heteroatoms. The van der Waals surface area contributed by atoms with Crippen LogP contribution in [-0.2, 0) is 5.41 Å². The van der Waals surface area contributed by atoms with Gasteiger partial charge in [-0.25, -0.2) is 15.0 Å². The van der Waals surface area contributed by atoms with Crippen LogP contribution < -0.4 is 0 Å². The number of hydrogen-bond donors (Lipinski definition) is 0. The monoisotopic (exact) mass is 883 g/mol. The maximum absolute atomic E-state index is 5.20. The van der Waals surface area contributed by atoms with Crippen molar-refractivity contribution in [2.45, 2.75) is 5.41 Å². The Kier molecular flexibility index (Phi) is 9.59. The van der Waals surface area contributed by atoms with Crippen molar-refractivity contribution in [3.63, 3.8) is 0 Å². The molecule has 0 amide bonds. The molecule has 0 unspecified atom stereocenters. The van der Waals surface area contributed by atoms with E-state index in [-0.39, 0.29) is 0 Å². The maximum atomic E-state index is 5.20. The van der Waals surface area contributed by atoms with Gasteiger partial charge in [0.2, 0.25) is 0 Å². The van der Waals surface area contributed by atoms with Crippen LogP contribution >= 0.6 is 11.3 Å². The molecule has 0 fully saturated rings. The minimum atomic E-state index is -0.514. The first-order valence-corrected chi connectivity index (χ1v) is 23.9. The van der Waals surface area contributed by atoms with Gasteiger partial charge in [-0.1, -0.05) is 218 Å². The molecule has 68 heavy (non-hydrogen) atoms. The number of rotatable bonds is 8. The molecule has 0 N–H and O–H groups in total. The average Bonchev–Trinajstić information content (AvgIpc) is 3.95. The van der Waals surface area contributed by atoms with Gasteiger partial charge in [0.1, 0.15) is 0 Å². The van der Waals surface area contributed by atoms with E-state index in [0.717, 1.165) is 44.5 Å². The molecular formula is C64H41N3S. The van der Waals surface area contributed by atoms with Gasteiger partial charge in [0.05, 0.1) is 5.41 Å². The molecular weight excluding hydrogens is 843 g/mol. The minimum absolute atomic E-state index is 0.514. The summed E-state index contributed by atoms with van der Waals surface area (Å²) < 4.78 is 2.62. The highest BCUT2D eigenvalue weighted by molar-refractivity contribution is 7.25. The molecule has 0 atom stereocenters. The summed E-state index contributed by atoms with van der Waals surface area (Å²) in [5.41, 5.74) is 16.7. The summed E-state index contributed by atoms with van der Waals surface area (Å²) in [7, 11) is 0. The molecule has 2 heterocycles. The normalized spacial score (nSPS) is 12.5. The molecule has 1 aliphatic carbocycles. The molecule has 2 aromatic heterocycles. The number of benzene rings is 10. The summed E-state index contributed by atoms with van der Waals surface area (Å²) in [5.74, 6) is 1.87. The van der Waals surface area contributed by atoms with E-state index in [1.165, 1.54) is 59.1 Å². The largest absolute Gasteiger partial charge is 0.208 e. The van der Waals surface area contributed by atoms with Crippen molar-refractivity contribution in [2.24, 2.45) is 0 Å². The lowest BCUT2D eigenvalue weighted by Gasteiger charge is -2.34. The van der Waals surface area contributed by atoms with E-state index in [0.29, 0.717) is 17.5 Å². The summed E-state index contributed by atoms with van der Waals surface area (Å²) in [4.78, 5) is 15.5. The minimum Gasteiger partial charge on any atom is -0.208 e. The van der Waals surface area contributed by atoms with Gasteiger partial charge in [0.25, 0.3) is 0 Å². The first-order chi connectivity index (χ1) is 33.7. The van der Waals surface area contributed by atoms with E-state index >= 15 is 0 Å². The molecule has 10 aromatic carbocycles. The quantitative estimate of drug-likeness (QED) is 0.153. The number of hydrogen-bond acceptors (Lipinski definition) is 4. The van der Waals surface area contributed by atoms with Crippen molar-refractivity contribution in [1.29, 1.82) is 0 Å². The van der Waals surface area contributed by atoms with Gasteiger partial charge in [-0.05, 0) is 97.1 Å². The third-order valence-electron chi connectivity index (χ3n) is 13.6. The SMILES string of the molecule is c1ccc(-c2ccc(-c3nc(-c4cccc(-c5ccccc5)c4)nc(-c4cccc(-c5ccc(C6(c7ccc8sc9ccccc9c8c7)c7ccccc7-c7ccccc76)cc5)c4)n3)cc2)cc1. The zero-order valence-corrected chi connectivity index (χ0v) is 37.7. The van der Waals surface area contributed by atoms with Crippen LogP contribution in [-0.4, -0.2) is 15.0 Å². The first kappa shape index (κ1) is 39.8. The van der Waals surface area contributed by atoms with E-state index in [2.05, 4.69) is 237 Å². The Morgan fingerprint density at radius 1 is 0.265 bits per heavy atom.